The van der Waals surface area contributed by atoms with Gasteiger partial charge in [0.25, 0.3) is 0 Å². The maximum absolute atomic E-state index is 6.40. The van der Waals surface area contributed by atoms with Gasteiger partial charge in [-0.05, 0) is 43.2 Å². The summed E-state index contributed by atoms with van der Waals surface area (Å²) in [5.41, 5.74) is 15.3. The highest BCUT2D eigenvalue weighted by Gasteiger charge is 2.43. The number of piperidine rings is 1. The van der Waals surface area contributed by atoms with Gasteiger partial charge in [-0.15, -0.1) is 0 Å². The van der Waals surface area contributed by atoms with Gasteiger partial charge in [-0.25, -0.2) is 15.0 Å². The van der Waals surface area contributed by atoms with E-state index in [1.165, 1.54) is 12.8 Å². The Morgan fingerprint density at radius 1 is 1.18 bits per heavy atom. The molecular weight excluding hydrogens is 376 g/mol. The highest BCUT2D eigenvalue weighted by atomic mass is 35.5. The van der Waals surface area contributed by atoms with Crippen molar-refractivity contribution in [1.29, 1.82) is 0 Å². The number of rotatable bonds is 2. The molecule has 1 unspecified atom stereocenters. The molecule has 9 heteroatoms. The van der Waals surface area contributed by atoms with Gasteiger partial charge in [0.2, 0.25) is 5.65 Å². The summed E-state index contributed by atoms with van der Waals surface area (Å²) in [4.78, 5) is 15.6. The van der Waals surface area contributed by atoms with Crippen molar-refractivity contribution in [3.8, 4) is 11.3 Å². The number of halogens is 1. The molecule has 5 N–H and O–H groups in total. The lowest BCUT2D eigenvalue weighted by Gasteiger charge is -2.42. The number of nitrogens with zero attached hydrogens (tertiary/aromatic N) is 5. The molecule has 0 bridgehead atoms. The van der Waals surface area contributed by atoms with E-state index >= 15 is 0 Å². The normalized spacial score (nSPS) is 21.6. The minimum absolute atomic E-state index is 0.327. The Morgan fingerprint density at radius 2 is 2.00 bits per heavy atom. The summed E-state index contributed by atoms with van der Waals surface area (Å²) >= 11 is 6.03. The summed E-state index contributed by atoms with van der Waals surface area (Å²) < 4.78 is 0. The Bertz CT molecular complexity index is 1000. The van der Waals surface area contributed by atoms with E-state index in [9.17, 15) is 0 Å². The van der Waals surface area contributed by atoms with Gasteiger partial charge in [0, 0.05) is 24.7 Å². The fraction of sp³-hybridized carbons (Fsp3) is 0.474. The number of nitrogens with one attached hydrogen (secondary N) is 1. The fourth-order valence-corrected chi connectivity index (χ4v) is 4.98. The summed E-state index contributed by atoms with van der Waals surface area (Å²) in [6.07, 6.45) is 7.73. The number of fused-ring (bicyclic) bond motifs is 1. The molecule has 1 saturated heterocycles. The van der Waals surface area contributed by atoms with Gasteiger partial charge in [-0.1, -0.05) is 18.0 Å². The van der Waals surface area contributed by atoms with Crippen molar-refractivity contribution in [3.05, 3.63) is 23.5 Å². The van der Waals surface area contributed by atoms with Crippen molar-refractivity contribution in [3.63, 3.8) is 0 Å². The molecule has 1 spiro atoms. The average molecular weight is 399 g/mol. The molecule has 2 fully saturated rings. The summed E-state index contributed by atoms with van der Waals surface area (Å²) in [7, 11) is 0. The molecule has 4 heterocycles. The van der Waals surface area contributed by atoms with Crippen LogP contribution in [-0.4, -0.2) is 44.3 Å². The summed E-state index contributed by atoms with van der Waals surface area (Å²) in [5, 5.41) is 7.68. The number of hydrogen-bond donors (Lipinski definition) is 3. The molecular formula is C19H23ClN8. The third kappa shape index (κ3) is 2.87. The highest BCUT2D eigenvalue weighted by molar-refractivity contribution is 6.29. The first-order valence-corrected chi connectivity index (χ1v) is 10.1. The van der Waals surface area contributed by atoms with Gasteiger partial charge < -0.3 is 16.4 Å². The third-order valence-corrected chi connectivity index (χ3v) is 6.61. The second-order valence-electron chi connectivity index (χ2n) is 7.95. The maximum atomic E-state index is 6.40. The Labute approximate surface area is 167 Å². The number of anilines is 2. The van der Waals surface area contributed by atoms with Gasteiger partial charge in [0.15, 0.2) is 0 Å². The number of H-pyrrole nitrogens is 1. The largest absolute Gasteiger partial charge is 0.384 e. The molecule has 8 nitrogen and oxygen atoms in total. The molecule has 3 aromatic heterocycles. The number of pyridine rings is 1. The second kappa shape index (κ2) is 6.56. The molecule has 0 amide bonds. The minimum atomic E-state index is 0.327. The molecule has 1 atom stereocenters. The van der Waals surface area contributed by atoms with Crippen molar-refractivity contribution in [2.45, 2.75) is 38.1 Å². The molecule has 5 rings (SSSR count). The minimum Gasteiger partial charge on any atom is -0.384 e. The lowest BCUT2D eigenvalue weighted by molar-refractivity contribution is 0.197. The Hall–Kier alpha value is -2.45. The molecule has 0 radical (unpaired) electrons. The van der Waals surface area contributed by atoms with Crippen molar-refractivity contribution in [2.24, 2.45) is 11.1 Å². The zero-order valence-corrected chi connectivity index (χ0v) is 16.3. The molecule has 28 heavy (non-hydrogen) atoms. The van der Waals surface area contributed by atoms with Crippen LogP contribution in [0.2, 0.25) is 5.15 Å². The van der Waals surface area contributed by atoms with Crippen LogP contribution in [0.3, 0.4) is 0 Å². The average Bonchev–Trinajstić information content (AvgIpc) is 3.25. The molecule has 1 saturated carbocycles. The van der Waals surface area contributed by atoms with Crippen molar-refractivity contribution < 1.29 is 0 Å². The van der Waals surface area contributed by atoms with E-state index in [4.69, 9.17) is 28.1 Å². The third-order valence-electron chi connectivity index (χ3n) is 6.41. The van der Waals surface area contributed by atoms with E-state index in [2.05, 4.69) is 25.1 Å². The van der Waals surface area contributed by atoms with Crippen LogP contribution in [0.1, 0.15) is 32.1 Å². The zero-order chi connectivity index (χ0) is 19.3. The van der Waals surface area contributed by atoms with Gasteiger partial charge in [0.1, 0.15) is 22.3 Å². The molecule has 2 aliphatic rings. The summed E-state index contributed by atoms with van der Waals surface area (Å²) in [5.74, 6) is 1.21. The fourth-order valence-electron chi connectivity index (χ4n) is 4.77. The lowest BCUT2D eigenvalue weighted by atomic mass is 9.74. The number of hydrogen-bond acceptors (Lipinski definition) is 7. The van der Waals surface area contributed by atoms with Gasteiger partial charge in [0.05, 0.1) is 11.9 Å². The van der Waals surface area contributed by atoms with E-state index in [1.54, 1.807) is 12.1 Å². The van der Waals surface area contributed by atoms with Crippen LogP contribution in [0, 0.1) is 5.41 Å². The highest BCUT2D eigenvalue weighted by Crippen LogP contribution is 2.45. The lowest BCUT2D eigenvalue weighted by Crippen LogP contribution is -2.47. The topological polar surface area (TPSA) is 123 Å². The molecule has 3 aromatic rings. The van der Waals surface area contributed by atoms with Crippen LogP contribution in [0.5, 0.6) is 0 Å². The maximum Gasteiger partial charge on any atom is 0.202 e. The van der Waals surface area contributed by atoms with Gasteiger partial charge in [-0.2, -0.15) is 5.10 Å². The van der Waals surface area contributed by atoms with Gasteiger partial charge in [-0.3, -0.25) is 5.10 Å². The Morgan fingerprint density at radius 3 is 2.71 bits per heavy atom. The first kappa shape index (κ1) is 17.6. The Balaban J connectivity index is 1.41. The molecule has 1 aliphatic heterocycles. The van der Waals surface area contributed by atoms with E-state index in [0.717, 1.165) is 49.4 Å². The van der Waals surface area contributed by atoms with Crippen molar-refractivity contribution in [1.82, 2.24) is 25.1 Å². The van der Waals surface area contributed by atoms with E-state index < -0.39 is 0 Å². The predicted octanol–water partition coefficient (Wildman–Crippen LogP) is 2.75. The van der Waals surface area contributed by atoms with Crippen LogP contribution >= 0.6 is 11.6 Å². The monoisotopic (exact) mass is 398 g/mol. The number of aromatic amines is 1. The van der Waals surface area contributed by atoms with E-state index in [0.29, 0.717) is 33.6 Å². The number of nitrogens with two attached hydrogens (primary N) is 2. The smallest absolute Gasteiger partial charge is 0.202 e. The SMILES string of the molecule is Nc1cc(-c2[nH]nc3nc(N4CCC5(CCCC5N)CC4)cnc23)cc(Cl)n1. The summed E-state index contributed by atoms with van der Waals surface area (Å²) in [6, 6.07) is 3.82. The predicted molar refractivity (Wildman–Crippen MR) is 110 cm³/mol. The molecule has 146 valence electrons. The van der Waals surface area contributed by atoms with Crippen LogP contribution < -0.4 is 16.4 Å². The standard InChI is InChI=1S/C19H23ClN8/c20-13-8-11(9-14(22)24-13)16-17-18(27-26-16)25-15(10-23-17)28-6-4-19(5-7-28)3-1-2-12(19)21/h8-10,12H,1-7,21H2,(H2,22,24)(H,25,26,27). The molecule has 1 aliphatic carbocycles. The summed E-state index contributed by atoms with van der Waals surface area (Å²) in [6.45, 7) is 1.92. The zero-order valence-electron chi connectivity index (χ0n) is 15.5. The first-order valence-electron chi connectivity index (χ1n) is 9.69. The van der Waals surface area contributed by atoms with Crippen LogP contribution in [0.25, 0.3) is 22.4 Å². The second-order valence-corrected chi connectivity index (χ2v) is 8.34. The molecule has 0 aromatic carbocycles. The van der Waals surface area contributed by atoms with Crippen molar-refractivity contribution in [2.75, 3.05) is 23.7 Å². The Kier molecular flexibility index (Phi) is 4.13. The first-order chi connectivity index (χ1) is 13.5. The van der Waals surface area contributed by atoms with Crippen molar-refractivity contribution >= 4 is 34.4 Å². The number of nitrogen functional groups attached to an aromatic ring is 1. The number of aromatic nitrogens is 5. The van der Waals surface area contributed by atoms with Crippen LogP contribution in [0.15, 0.2) is 18.3 Å². The van der Waals surface area contributed by atoms with E-state index in [1.807, 2.05) is 6.20 Å². The quantitative estimate of drug-likeness (QED) is 0.567. The van der Waals surface area contributed by atoms with Gasteiger partial charge >= 0.3 is 0 Å². The van der Waals surface area contributed by atoms with Crippen LogP contribution in [-0.2, 0) is 0 Å². The van der Waals surface area contributed by atoms with Crippen LogP contribution in [0.4, 0.5) is 11.6 Å². The van der Waals surface area contributed by atoms with E-state index in [-0.39, 0.29) is 0 Å².